The number of halogens is 17. The van der Waals surface area contributed by atoms with Crippen LogP contribution in [0.1, 0.15) is 5.82 Å². The summed E-state index contributed by atoms with van der Waals surface area (Å²) in [4.78, 5) is 4.01. The highest BCUT2D eigenvalue weighted by molar-refractivity contribution is 7.87. The van der Waals surface area contributed by atoms with Gasteiger partial charge in [0, 0.05) is 25.9 Å². The topological polar surface area (TPSA) is 92.4 Å². The molecule has 0 bridgehead atoms. The fourth-order valence-corrected chi connectivity index (χ4v) is 2.50. The fourth-order valence-electron chi connectivity index (χ4n) is 2.05. The smallest absolute Gasteiger partial charge is 0.396 e. The molecule has 1 heterocycles. The van der Waals surface area contributed by atoms with Crippen LogP contribution in [0.25, 0.3) is 0 Å². The lowest BCUT2D eigenvalue weighted by Crippen LogP contribution is -2.74. The number of hydrogen-bond acceptors (Lipinski definition) is 4. The third-order valence-electron chi connectivity index (χ3n) is 4.27. The van der Waals surface area contributed by atoms with Gasteiger partial charge >= 0.3 is 57.1 Å². The zero-order valence-electron chi connectivity index (χ0n) is 17.5. The highest BCUT2D eigenvalue weighted by atomic mass is 32.2. The van der Waals surface area contributed by atoms with Crippen LogP contribution in [0.2, 0.25) is 0 Å². The number of hydrogen-bond donors (Lipinski definition) is 2. The van der Waals surface area contributed by atoms with E-state index in [4.69, 9.17) is 9.66 Å². The second-order valence-corrected chi connectivity index (χ2v) is 8.33. The summed E-state index contributed by atoms with van der Waals surface area (Å²) in [6, 6.07) is 0. The van der Waals surface area contributed by atoms with E-state index in [0.29, 0.717) is 6.42 Å². The van der Waals surface area contributed by atoms with Crippen molar-refractivity contribution in [1.82, 2.24) is 9.55 Å². The van der Waals surface area contributed by atoms with Gasteiger partial charge in [0.1, 0.15) is 5.82 Å². The van der Waals surface area contributed by atoms with Crippen LogP contribution in [0.4, 0.5) is 74.6 Å². The fraction of sp³-hybridized carbons (Fsp3) is 0.786. The summed E-state index contributed by atoms with van der Waals surface area (Å²) in [6.45, 7) is 0.171. The number of rotatable bonds is 9. The summed E-state index contributed by atoms with van der Waals surface area (Å²) in [6.07, 6.45) is -3.65. The predicted molar refractivity (Wildman–Crippen MR) is 86.2 cm³/mol. The zero-order valence-corrected chi connectivity index (χ0v) is 18.3. The van der Waals surface area contributed by atoms with Crippen molar-refractivity contribution < 1.29 is 92.7 Å². The molecule has 38 heavy (non-hydrogen) atoms. The standard InChI is InChI=1S/C8HF17O3S.C6H10N2O/c9-1(10,3(13,14)5(17,18)7(21,22)23)2(11,12)4(15,16)6(19,20)8(24,25)29(26,27)28;1-8-4-3-7-6(8)2-5-9/h(H,26,27,28);3-4,9H,2,5H2,1H3. The monoisotopic (exact) mass is 626 g/mol. The molecule has 1 aromatic heterocycles. The van der Waals surface area contributed by atoms with Gasteiger partial charge in [-0.15, -0.1) is 0 Å². The molecule has 0 aromatic carbocycles. The van der Waals surface area contributed by atoms with Gasteiger partial charge in [0.2, 0.25) is 0 Å². The third-order valence-corrected chi connectivity index (χ3v) is 5.18. The van der Waals surface area contributed by atoms with Gasteiger partial charge in [0.05, 0.1) is 6.61 Å². The molecule has 1 aromatic rings. The van der Waals surface area contributed by atoms with E-state index in [1.54, 1.807) is 6.20 Å². The predicted octanol–water partition coefficient (Wildman–Crippen LogP) is 4.80. The highest BCUT2D eigenvalue weighted by Gasteiger charge is 2.96. The van der Waals surface area contributed by atoms with Gasteiger partial charge < -0.3 is 9.67 Å². The summed E-state index contributed by atoms with van der Waals surface area (Å²) in [5.41, 5.74) is 0. The Morgan fingerprint density at radius 3 is 1.32 bits per heavy atom. The quantitative estimate of drug-likeness (QED) is 0.304. The van der Waals surface area contributed by atoms with Gasteiger partial charge in [-0.2, -0.15) is 83.1 Å². The molecule has 0 aliphatic heterocycles. The van der Waals surface area contributed by atoms with E-state index in [1.165, 1.54) is 0 Å². The molecule has 1 rings (SSSR count). The summed E-state index contributed by atoms with van der Waals surface area (Å²) >= 11 is 0. The highest BCUT2D eigenvalue weighted by Crippen LogP contribution is 2.64. The molecule has 0 radical (unpaired) electrons. The number of nitrogens with zero attached hydrogens (tertiary/aromatic N) is 2. The lowest BCUT2D eigenvalue weighted by atomic mass is 9.91. The number of alkyl halides is 17. The van der Waals surface area contributed by atoms with Crippen LogP contribution in [-0.2, 0) is 23.6 Å². The lowest BCUT2D eigenvalue weighted by molar-refractivity contribution is -0.458. The minimum Gasteiger partial charge on any atom is -0.396 e. The Morgan fingerprint density at radius 2 is 1.05 bits per heavy atom. The summed E-state index contributed by atoms with van der Waals surface area (Å²) in [7, 11) is -5.98. The van der Waals surface area contributed by atoms with E-state index in [9.17, 15) is 83.1 Å². The summed E-state index contributed by atoms with van der Waals surface area (Å²) in [5.74, 6) is -51.0. The van der Waals surface area contributed by atoms with Gasteiger partial charge in [-0.05, 0) is 0 Å². The molecule has 0 saturated heterocycles. The Bertz CT molecular complexity index is 1060. The van der Waals surface area contributed by atoms with Crippen LogP contribution in [0, 0.1) is 0 Å². The van der Waals surface area contributed by atoms with Gasteiger partial charge in [-0.25, -0.2) is 4.98 Å². The van der Waals surface area contributed by atoms with E-state index < -0.39 is 57.1 Å². The Labute approximate surface area is 198 Å². The van der Waals surface area contributed by atoms with E-state index in [1.807, 2.05) is 17.8 Å². The van der Waals surface area contributed by atoms with Crippen molar-refractivity contribution in [2.45, 2.75) is 53.4 Å². The molecule has 24 heteroatoms. The molecule has 0 aliphatic carbocycles. The minimum atomic E-state index is -8.89. The first-order valence-electron chi connectivity index (χ1n) is 8.60. The maximum absolute atomic E-state index is 13.0. The minimum absolute atomic E-state index is 0.171. The molecule has 0 saturated carbocycles. The van der Waals surface area contributed by atoms with Crippen molar-refractivity contribution in [2.75, 3.05) is 6.61 Å². The van der Waals surface area contributed by atoms with Crippen molar-refractivity contribution in [3.8, 4) is 0 Å². The molecule has 0 spiro atoms. The second kappa shape index (κ2) is 10.1. The average Bonchev–Trinajstić information content (AvgIpc) is 3.10. The molecule has 6 nitrogen and oxygen atoms in total. The molecule has 0 fully saturated rings. The molecule has 0 aliphatic rings. The van der Waals surface area contributed by atoms with Crippen molar-refractivity contribution >= 4 is 10.1 Å². The normalized spacial score (nSPS) is 15.3. The van der Waals surface area contributed by atoms with Crippen molar-refractivity contribution in [3.05, 3.63) is 18.2 Å². The van der Waals surface area contributed by atoms with Crippen molar-refractivity contribution in [1.29, 1.82) is 0 Å². The van der Waals surface area contributed by atoms with Crippen LogP contribution >= 0.6 is 0 Å². The van der Waals surface area contributed by atoms with Gasteiger partial charge in [0.15, 0.2) is 0 Å². The molecule has 0 amide bonds. The van der Waals surface area contributed by atoms with Crippen molar-refractivity contribution in [2.24, 2.45) is 7.05 Å². The van der Waals surface area contributed by atoms with E-state index in [2.05, 4.69) is 4.98 Å². The third kappa shape index (κ3) is 5.34. The van der Waals surface area contributed by atoms with Crippen LogP contribution < -0.4 is 0 Å². The largest absolute Gasteiger partial charge is 0.460 e. The van der Waals surface area contributed by atoms with Crippen molar-refractivity contribution in [3.63, 3.8) is 0 Å². The first-order chi connectivity index (χ1) is 16.3. The summed E-state index contributed by atoms with van der Waals surface area (Å²) < 4.78 is 244. The van der Waals surface area contributed by atoms with E-state index >= 15 is 0 Å². The van der Waals surface area contributed by atoms with E-state index in [-0.39, 0.29) is 6.61 Å². The number of aliphatic hydroxyl groups excluding tert-OH is 1. The van der Waals surface area contributed by atoms with Crippen LogP contribution in [0.15, 0.2) is 12.4 Å². The molecular weight excluding hydrogens is 615 g/mol. The van der Waals surface area contributed by atoms with Crippen LogP contribution in [0.3, 0.4) is 0 Å². The first kappa shape index (κ1) is 35.9. The van der Waals surface area contributed by atoms with Gasteiger partial charge in [-0.1, -0.05) is 0 Å². The Balaban J connectivity index is 0.00000127. The molecular formula is C14H11F17N2O4S. The Kier molecular flexibility index (Phi) is 9.57. The molecule has 0 atom stereocenters. The van der Waals surface area contributed by atoms with E-state index in [0.717, 1.165) is 5.82 Å². The maximum Gasteiger partial charge on any atom is 0.460 e. The second-order valence-electron chi connectivity index (χ2n) is 6.86. The Morgan fingerprint density at radius 1 is 0.711 bits per heavy atom. The molecule has 2 N–H and O–H groups in total. The molecule has 226 valence electrons. The number of aliphatic hydroxyl groups is 1. The SMILES string of the molecule is Cn1ccnc1CCO.O=S(=O)(O)C(F)(F)C(F)(F)C(F)(F)C(F)(F)C(F)(F)C(F)(F)C(F)(F)C(F)(F)F. The maximum atomic E-state index is 13.0. The van der Waals surface area contributed by atoms with Gasteiger partial charge in [-0.3, -0.25) is 4.55 Å². The average molecular weight is 626 g/mol. The Hall–Kier alpha value is -2.11. The summed E-state index contributed by atoms with van der Waals surface area (Å²) in [5, 5.41) is 0.667. The molecule has 0 unspecified atom stereocenters. The first-order valence-corrected chi connectivity index (χ1v) is 10.0. The van der Waals surface area contributed by atoms with Gasteiger partial charge in [0.25, 0.3) is 0 Å². The van der Waals surface area contributed by atoms with Crippen LogP contribution in [0.5, 0.6) is 0 Å². The number of imidazole rings is 1. The number of aromatic nitrogens is 2. The number of aryl methyl sites for hydroxylation is 1. The van der Waals surface area contributed by atoms with Crippen LogP contribution in [-0.4, -0.2) is 81.2 Å². The zero-order chi connectivity index (χ0) is 31.2. The lowest BCUT2D eigenvalue weighted by Gasteiger charge is -2.42.